The summed E-state index contributed by atoms with van der Waals surface area (Å²) in [6, 6.07) is -1.36. The van der Waals surface area contributed by atoms with E-state index in [1.165, 1.54) is 4.31 Å². The van der Waals surface area contributed by atoms with Crippen LogP contribution in [0, 0.1) is 0 Å². The molecular weight excluding hydrogens is 286 g/mol. The van der Waals surface area contributed by atoms with Gasteiger partial charge in [0, 0.05) is 19.5 Å². The number of primary amides is 1. The Bertz CT molecular complexity index is 418. The summed E-state index contributed by atoms with van der Waals surface area (Å²) >= 11 is 0. The van der Waals surface area contributed by atoms with Crippen LogP contribution in [0.1, 0.15) is 39.5 Å². The molecule has 1 unspecified atom stereocenters. The Hall–Kier alpha value is -1.19. The number of nitrogens with one attached hydrogen (secondary N) is 1. The fraction of sp³-hybridized carbons (Fsp3) is 0.818. The molecule has 0 spiro atoms. The molecule has 0 aliphatic rings. The number of carboxylic acid groups (broad SMARTS) is 1. The Balaban J connectivity index is 4.88. The minimum absolute atomic E-state index is 0.171. The van der Waals surface area contributed by atoms with Crippen LogP contribution in [0.25, 0.3) is 0 Å². The van der Waals surface area contributed by atoms with Gasteiger partial charge in [-0.15, -0.1) is 0 Å². The highest BCUT2D eigenvalue weighted by Gasteiger charge is 2.28. The van der Waals surface area contributed by atoms with Crippen LogP contribution >= 0.6 is 0 Å². The number of hydrogen-bond donors (Lipinski definition) is 3. The van der Waals surface area contributed by atoms with Crippen LogP contribution in [0.3, 0.4) is 0 Å². The maximum absolute atomic E-state index is 12.1. The first-order valence-corrected chi connectivity index (χ1v) is 7.97. The third kappa shape index (κ3) is 6.83. The monoisotopic (exact) mass is 309 g/mol. The average molecular weight is 309 g/mol. The Morgan fingerprint density at radius 1 is 1.25 bits per heavy atom. The highest BCUT2D eigenvalue weighted by molar-refractivity contribution is 7.87. The van der Waals surface area contributed by atoms with E-state index in [-0.39, 0.29) is 12.8 Å². The van der Waals surface area contributed by atoms with Crippen molar-refractivity contribution in [1.82, 2.24) is 9.03 Å². The van der Waals surface area contributed by atoms with Crippen LogP contribution < -0.4 is 10.5 Å². The lowest BCUT2D eigenvalue weighted by molar-refractivity contribution is -0.139. The van der Waals surface area contributed by atoms with Crippen molar-refractivity contribution in [3.8, 4) is 0 Å². The van der Waals surface area contributed by atoms with Gasteiger partial charge >= 0.3 is 5.97 Å². The van der Waals surface area contributed by atoms with Gasteiger partial charge in [-0.2, -0.15) is 17.4 Å². The molecule has 118 valence electrons. The van der Waals surface area contributed by atoms with Crippen LogP contribution in [0.2, 0.25) is 0 Å². The quantitative estimate of drug-likeness (QED) is 0.481. The molecule has 0 radical (unpaired) electrons. The maximum atomic E-state index is 12.1. The van der Waals surface area contributed by atoms with E-state index in [1.54, 1.807) is 0 Å². The molecule has 0 aliphatic carbocycles. The van der Waals surface area contributed by atoms with Crippen LogP contribution in [0.4, 0.5) is 0 Å². The van der Waals surface area contributed by atoms with Crippen molar-refractivity contribution in [2.75, 3.05) is 13.1 Å². The van der Waals surface area contributed by atoms with Gasteiger partial charge in [-0.3, -0.25) is 9.59 Å². The van der Waals surface area contributed by atoms with Gasteiger partial charge in [-0.1, -0.05) is 13.8 Å². The molecule has 0 saturated carbocycles. The van der Waals surface area contributed by atoms with Gasteiger partial charge in [0.05, 0.1) is 0 Å². The van der Waals surface area contributed by atoms with Gasteiger partial charge in [-0.25, -0.2) is 0 Å². The molecule has 1 atom stereocenters. The number of carboxylic acids is 1. The Kier molecular flexibility index (Phi) is 8.35. The zero-order valence-corrected chi connectivity index (χ0v) is 12.6. The summed E-state index contributed by atoms with van der Waals surface area (Å²) < 4.78 is 27.5. The summed E-state index contributed by atoms with van der Waals surface area (Å²) in [6.45, 7) is 4.29. The Morgan fingerprint density at radius 2 is 1.75 bits per heavy atom. The van der Waals surface area contributed by atoms with Gasteiger partial charge in [-0.05, 0) is 19.3 Å². The molecule has 8 nitrogen and oxygen atoms in total. The summed E-state index contributed by atoms with van der Waals surface area (Å²) in [4.78, 5) is 21.7. The number of rotatable bonds is 11. The number of hydrogen-bond acceptors (Lipinski definition) is 4. The zero-order chi connectivity index (χ0) is 15.8. The molecule has 1 amide bonds. The van der Waals surface area contributed by atoms with Crippen LogP contribution in [-0.2, 0) is 19.8 Å². The van der Waals surface area contributed by atoms with Crippen LogP contribution in [0.15, 0.2) is 0 Å². The number of carbonyl (C=O) groups excluding carboxylic acids is 1. The van der Waals surface area contributed by atoms with Crippen molar-refractivity contribution in [3.63, 3.8) is 0 Å². The summed E-state index contributed by atoms with van der Waals surface area (Å²) in [7, 11) is -3.89. The predicted molar refractivity (Wildman–Crippen MR) is 74.1 cm³/mol. The molecule has 0 aromatic rings. The van der Waals surface area contributed by atoms with Gasteiger partial charge in [0.1, 0.15) is 6.04 Å². The van der Waals surface area contributed by atoms with Gasteiger partial charge < -0.3 is 10.8 Å². The SMILES string of the molecule is CCCN(CCC)S(=O)(=O)NC(CCC(N)=O)C(=O)O. The first kappa shape index (κ1) is 18.8. The number of nitrogens with zero attached hydrogens (tertiary/aromatic N) is 1. The van der Waals surface area contributed by atoms with Gasteiger partial charge in [0.25, 0.3) is 10.2 Å². The zero-order valence-electron chi connectivity index (χ0n) is 11.8. The molecule has 4 N–H and O–H groups in total. The Labute approximate surface area is 119 Å². The third-order valence-electron chi connectivity index (χ3n) is 2.55. The number of amides is 1. The van der Waals surface area contributed by atoms with E-state index >= 15 is 0 Å². The van der Waals surface area contributed by atoms with Gasteiger partial charge in [0.15, 0.2) is 0 Å². The molecule has 0 rings (SSSR count). The highest BCUT2D eigenvalue weighted by atomic mass is 32.2. The first-order chi connectivity index (χ1) is 9.24. The topological polar surface area (TPSA) is 130 Å². The molecule has 9 heteroatoms. The van der Waals surface area contributed by atoms with Crippen molar-refractivity contribution in [3.05, 3.63) is 0 Å². The van der Waals surface area contributed by atoms with Crippen molar-refractivity contribution in [2.45, 2.75) is 45.6 Å². The number of aliphatic carboxylic acids is 1. The predicted octanol–water partition coefficient (Wildman–Crippen LogP) is -0.338. The van der Waals surface area contributed by atoms with Crippen molar-refractivity contribution in [2.24, 2.45) is 5.73 Å². The smallest absolute Gasteiger partial charge is 0.321 e. The molecule has 0 aromatic carbocycles. The molecule has 0 saturated heterocycles. The summed E-state index contributed by atoms with van der Waals surface area (Å²) in [5, 5.41) is 8.99. The van der Waals surface area contributed by atoms with Crippen LogP contribution in [0.5, 0.6) is 0 Å². The minimum atomic E-state index is -3.89. The van der Waals surface area contributed by atoms with E-state index in [2.05, 4.69) is 4.72 Å². The molecule has 0 aromatic heterocycles. The molecule has 0 fully saturated rings. The minimum Gasteiger partial charge on any atom is -0.480 e. The maximum Gasteiger partial charge on any atom is 0.321 e. The van der Waals surface area contributed by atoms with E-state index < -0.39 is 28.1 Å². The van der Waals surface area contributed by atoms with Crippen molar-refractivity contribution < 1.29 is 23.1 Å². The second kappa shape index (κ2) is 8.88. The van der Waals surface area contributed by atoms with Crippen molar-refractivity contribution in [1.29, 1.82) is 0 Å². The molecule has 0 aliphatic heterocycles. The second-order valence-electron chi connectivity index (χ2n) is 4.42. The van der Waals surface area contributed by atoms with Gasteiger partial charge in [0.2, 0.25) is 5.91 Å². The fourth-order valence-electron chi connectivity index (χ4n) is 1.62. The van der Waals surface area contributed by atoms with Crippen molar-refractivity contribution >= 4 is 22.1 Å². The van der Waals surface area contributed by atoms with Crippen LogP contribution in [-0.4, -0.2) is 48.8 Å². The van der Waals surface area contributed by atoms with E-state index in [9.17, 15) is 18.0 Å². The standard InChI is InChI=1S/C11H23N3O5S/c1-3-7-14(8-4-2)20(18,19)13-9(11(16)17)5-6-10(12)15/h9,13H,3-8H2,1-2H3,(H2,12,15)(H,16,17). The normalized spacial score (nSPS) is 13.3. The highest BCUT2D eigenvalue weighted by Crippen LogP contribution is 2.06. The fourth-order valence-corrected chi connectivity index (χ4v) is 3.20. The van der Waals surface area contributed by atoms with E-state index in [0.717, 1.165) is 0 Å². The summed E-state index contributed by atoms with van der Waals surface area (Å²) in [5.41, 5.74) is 4.94. The Morgan fingerprint density at radius 3 is 2.10 bits per heavy atom. The third-order valence-corrected chi connectivity index (χ3v) is 4.18. The lowest BCUT2D eigenvalue weighted by atomic mass is 10.2. The number of carbonyl (C=O) groups is 2. The second-order valence-corrected chi connectivity index (χ2v) is 6.12. The molecule has 0 heterocycles. The van der Waals surface area contributed by atoms with E-state index in [0.29, 0.717) is 25.9 Å². The summed E-state index contributed by atoms with van der Waals surface area (Å²) in [6.07, 6.45) is 0.886. The molecule has 20 heavy (non-hydrogen) atoms. The van der Waals surface area contributed by atoms with E-state index in [4.69, 9.17) is 10.8 Å². The molecular formula is C11H23N3O5S. The largest absolute Gasteiger partial charge is 0.480 e. The average Bonchev–Trinajstić information content (AvgIpc) is 2.33. The lowest BCUT2D eigenvalue weighted by Gasteiger charge is -2.23. The van der Waals surface area contributed by atoms with E-state index in [1.807, 2.05) is 13.8 Å². The lowest BCUT2D eigenvalue weighted by Crippen LogP contribution is -2.49. The molecule has 0 bridgehead atoms. The number of nitrogens with two attached hydrogens (primary N) is 1. The first-order valence-electron chi connectivity index (χ1n) is 6.53. The summed E-state index contributed by atoms with van der Waals surface area (Å²) in [5.74, 6) is -2.00.